The molecule has 4 nitrogen and oxygen atoms in total. The lowest BCUT2D eigenvalue weighted by atomic mass is 10.0. The van der Waals surface area contributed by atoms with Crippen LogP contribution in [0, 0.1) is 5.92 Å². The highest BCUT2D eigenvalue weighted by atomic mass is 16.5. The van der Waals surface area contributed by atoms with Crippen LogP contribution in [0.4, 0.5) is 0 Å². The molecule has 1 N–H and O–H groups in total. The second-order valence-corrected chi connectivity index (χ2v) is 4.38. The van der Waals surface area contributed by atoms with Gasteiger partial charge in [-0.1, -0.05) is 0 Å². The van der Waals surface area contributed by atoms with Gasteiger partial charge in [-0.15, -0.1) is 0 Å². The summed E-state index contributed by atoms with van der Waals surface area (Å²) in [6.07, 6.45) is 4.71. The van der Waals surface area contributed by atoms with Crippen molar-refractivity contribution in [2.45, 2.75) is 38.5 Å². The van der Waals surface area contributed by atoms with Gasteiger partial charge in [0, 0.05) is 19.9 Å². The van der Waals surface area contributed by atoms with E-state index < -0.39 is 0 Å². The Hall–Kier alpha value is -0.870. The molecule has 1 saturated carbocycles. The van der Waals surface area contributed by atoms with Crippen molar-refractivity contribution in [2.75, 3.05) is 14.2 Å². The lowest BCUT2D eigenvalue weighted by molar-refractivity contribution is 0.0504. The van der Waals surface area contributed by atoms with E-state index in [4.69, 9.17) is 4.74 Å². The van der Waals surface area contributed by atoms with Gasteiger partial charge in [-0.25, -0.2) is 0 Å². The highest BCUT2D eigenvalue weighted by molar-refractivity contribution is 5.11. The molecular weight excluding hydrogens is 202 g/mol. The zero-order chi connectivity index (χ0) is 11.5. The first-order chi connectivity index (χ1) is 7.81. The highest BCUT2D eigenvalue weighted by Gasteiger charge is 2.37. The molecule has 0 radical (unpaired) electrons. The number of ether oxygens (including phenoxy) is 1. The van der Waals surface area contributed by atoms with E-state index in [2.05, 4.69) is 23.4 Å². The van der Waals surface area contributed by atoms with Gasteiger partial charge < -0.3 is 10.1 Å². The van der Waals surface area contributed by atoms with Crippen molar-refractivity contribution < 1.29 is 4.74 Å². The quantitative estimate of drug-likeness (QED) is 0.796. The number of hydrogen-bond acceptors (Lipinski definition) is 3. The van der Waals surface area contributed by atoms with Crippen LogP contribution in [0.1, 0.15) is 31.5 Å². The second-order valence-electron chi connectivity index (χ2n) is 4.38. The Kier molecular flexibility index (Phi) is 3.61. The summed E-state index contributed by atoms with van der Waals surface area (Å²) in [5.74, 6) is 0.711. The molecule has 1 aromatic heterocycles. The second kappa shape index (κ2) is 4.97. The Morgan fingerprint density at radius 3 is 2.88 bits per heavy atom. The molecule has 0 aromatic carbocycles. The van der Waals surface area contributed by atoms with Crippen molar-refractivity contribution in [2.24, 2.45) is 5.92 Å². The number of nitrogens with zero attached hydrogens (tertiary/aromatic N) is 2. The summed E-state index contributed by atoms with van der Waals surface area (Å²) >= 11 is 0. The van der Waals surface area contributed by atoms with E-state index in [0.717, 1.165) is 6.54 Å². The molecule has 0 spiro atoms. The lowest BCUT2D eigenvalue weighted by Crippen LogP contribution is -2.34. The monoisotopic (exact) mass is 223 g/mol. The first-order valence-corrected chi connectivity index (χ1v) is 6.03. The predicted octanol–water partition coefficient (Wildman–Crippen LogP) is 1.59. The molecule has 0 aliphatic heterocycles. The average Bonchev–Trinajstić information content (AvgIpc) is 3.03. The van der Waals surface area contributed by atoms with Crippen molar-refractivity contribution in [3.8, 4) is 0 Å². The molecule has 1 heterocycles. The van der Waals surface area contributed by atoms with Crippen LogP contribution in [-0.4, -0.2) is 30.0 Å². The van der Waals surface area contributed by atoms with Crippen LogP contribution in [0.3, 0.4) is 0 Å². The van der Waals surface area contributed by atoms with Gasteiger partial charge in [-0.2, -0.15) is 5.10 Å². The zero-order valence-electron chi connectivity index (χ0n) is 10.3. The maximum atomic E-state index is 5.65. The Balaban J connectivity index is 2.20. The largest absolute Gasteiger partial charge is 0.379 e. The van der Waals surface area contributed by atoms with E-state index in [1.54, 1.807) is 7.11 Å². The minimum Gasteiger partial charge on any atom is -0.379 e. The van der Waals surface area contributed by atoms with E-state index in [9.17, 15) is 0 Å². The standard InChI is InChI=1S/C12H21N3O/c1-4-15-10(7-8-14-15)11(13-2)12(16-3)9-5-6-9/h7-9,11-13H,4-6H2,1-3H3. The smallest absolute Gasteiger partial charge is 0.0809 e. The molecule has 16 heavy (non-hydrogen) atoms. The number of nitrogens with one attached hydrogen (secondary N) is 1. The minimum atomic E-state index is 0.250. The molecule has 1 aliphatic rings. The molecule has 0 bridgehead atoms. The average molecular weight is 223 g/mol. The fourth-order valence-electron chi connectivity index (χ4n) is 2.38. The zero-order valence-corrected chi connectivity index (χ0v) is 10.3. The maximum absolute atomic E-state index is 5.65. The molecule has 1 aliphatic carbocycles. The molecule has 4 heteroatoms. The van der Waals surface area contributed by atoms with Crippen molar-refractivity contribution in [1.82, 2.24) is 15.1 Å². The summed E-state index contributed by atoms with van der Waals surface area (Å²) in [5.41, 5.74) is 1.23. The van der Waals surface area contributed by atoms with Crippen LogP contribution < -0.4 is 5.32 Å². The number of likely N-dealkylation sites (N-methyl/N-ethyl adjacent to an activating group) is 1. The molecule has 0 amide bonds. The Morgan fingerprint density at radius 2 is 2.38 bits per heavy atom. The van der Waals surface area contributed by atoms with Crippen LogP contribution in [0.15, 0.2) is 12.3 Å². The minimum absolute atomic E-state index is 0.250. The van der Waals surface area contributed by atoms with Crippen molar-refractivity contribution in [3.63, 3.8) is 0 Å². The maximum Gasteiger partial charge on any atom is 0.0809 e. The summed E-state index contributed by atoms with van der Waals surface area (Å²) in [4.78, 5) is 0. The number of aryl methyl sites for hydroxylation is 1. The van der Waals surface area contributed by atoms with E-state index >= 15 is 0 Å². The van der Waals surface area contributed by atoms with Gasteiger partial charge in [0.05, 0.1) is 17.8 Å². The highest BCUT2D eigenvalue weighted by Crippen LogP contribution is 2.39. The summed E-state index contributed by atoms with van der Waals surface area (Å²) in [6.45, 7) is 3.02. The van der Waals surface area contributed by atoms with E-state index in [1.807, 2.05) is 17.9 Å². The first-order valence-electron chi connectivity index (χ1n) is 6.03. The van der Waals surface area contributed by atoms with Crippen LogP contribution in [0.5, 0.6) is 0 Å². The fourth-order valence-corrected chi connectivity index (χ4v) is 2.38. The molecule has 2 atom stereocenters. The predicted molar refractivity (Wildman–Crippen MR) is 63.2 cm³/mol. The third-order valence-electron chi connectivity index (χ3n) is 3.37. The number of hydrogen-bond donors (Lipinski definition) is 1. The number of rotatable bonds is 6. The Bertz CT molecular complexity index is 333. The van der Waals surface area contributed by atoms with Crippen molar-refractivity contribution in [3.05, 3.63) is 18.0 Å². The molecule has 90 valence electrons. The van der Waals surface area contributed by atoms with Gasteiger partial charge in [0.25, 0.3) is 0 Å². The molecule has 1 fully saturated rings. The van der Waals surface area contributed by atoms with Gasteiger partial charge in [-0.05, 0) is 38.8 Å². The third kappa shape index (κ3) is 2.13. The third-order valence-corrected chi connectivity index (χ3v) is 3.37. The van der Waals surface area contributed by atoms with E-state index in [1.165, 1.54) is 18.5 Å². The van der Waals surface area contributed by atoms with Gasteiger partial charge in [0.1, 0.15) is 0 Å². The van der Waals surface area contributed by atoms with Gasteiger partial charge in [-0.3, -0.25) is 4.68 Å². The normalized spacial score (nSPS) is 19.7. The summed E-state index contributed by atoms with van der Waals surface area (Å²) < 4.78 is 7.68. The lowest BCUT2D eigenvalue weighted by Gasteiger charge is -2.26. The first kappa shape index (κ1) is 11.6. The summed E-state index contributed by atoms with van der Waals surface area (Å²) in [6, 6.07) is 2.33. The van der Waals surface area contributed by atoms with Crippen molar-refractivity contribution in [1.29, 1.82) is 0 Å². The van der Waals surface area contributed by atoms with Crippen LogP contribution >= 0.6 is 0 Å². The summed E-state index contributed by atoms with van der Waals surface area (Å²) in [7, 11) is 3.80. The van der Waals surface area contributed by atoms with Crippen LogP contribution in [-0.2, 0) is 11.3 Å². The van der Waals surface area contributed by atoms with Crippen molar-refractivity contribution >= 4 is 0 Å². The molecular formula is C12H21N3O. The summed E-state index contributed by atoms with van der Waals surface area (Å²) in [5, 5.41) is 7.69. The molecule has 0 saturated heterocycles. The van der Waals surface area contributed by atoms with Crippen LogP contribution in [0.2, 0.25) is 0 Å². The fraction of sp³-hybridized carbons (Fsp3) is 0.750. The number of aromatic nitrogens is 2. The van der Waals surface area contributed by atoms with Gasteiger partial charge in [0.2, 0.25) is 0 Å². The molecule has 1 aromatic rings. The molecule has 2 unspecified atom stereocenters. The molecule has 2 rings (SSSR count). The Labute approximate surface area is 97.0 Å². The SMILES string of the molecule is CCn1nccc1C(NC)C(OC)C1CC1. The van der Waals surface area contributed by atoms with Gasteiger partial charge >= 0.3 is 0 Å². The van der Waals surface area contributed by atoms with E-state index in [-0.39, 0.29) is 12.1 Å². The van der Waals surface area contributed by atoms with Gasteiger partial charge in [0.15, 0.2) is 0 Å². The van der Waals surface area contributed by atoms with E-state index in [0.29, 0.717) is 5.92 Å². The number of methoxy groups -OCH3 is 1. The topological polar surface area (TPSA) is 39.1 Å². The van der Waals surface area contributed by atoms with Crippen LogP contribution in [0.25, 0.3) is 0 Å². The Morgan fingerprint density at radius 1 is 1.62 bits per heavy atom.